The third kappa shape index (κ3) is 1.80. The Labute approximate surface area is 75.4 Å². The van der Waals surface area contributed by atoms with Crippen LogP contribution in [0.15, 0.2) is 12.1 Å². The van der Waals surface area contributed by atoms with Gasteiger partial charge in [-0.25, -0.2) is 4.39 Å². The van der Waals surface area contributed by atoms with Crippen molar-refractivity contribution in [3.63, 3.8) is 0 Å². The summed E-state index contributed by atoms with van der Waals surface area (Å²) >= 11 is 0. The van der Waals surface area contributed by atoms with E-state index in [-0.39, 0.29) is 11.3 Å². The summed E-state index contributed by atoms with van der Waals surface area (Å²) in [6, 6.07) is 2.67. The molecule has 2 nitrogen and oxygen atoms in total. The second-order valence-electron chi connectivity index (χ2n) is 2.87. The molecule has 1 aromatic rings. The van der Waals surface area contributed by atoms with Gasteiger partial charge in [-0.1, -0.05) is 0 Å². The van der Waals surface area contributed by atoms with Gasteiger partial charge in [-0.3, -0.25) is 9.59 Å². The molecule has 0 bridgehead atoms. The third-order valence-electron chi connectivity index (χ3n) is 1.79. The number of carbonyl (C=O) groups excluding carboxylic acids is 2. The molecule has 0 amide bonds. The molecule has 0 unspecified atom stereocenters. The Hall–Kier alpha value is -1.51. The fourth-order valence-corrected chi connectivity index (χ4v) is 1.12. The number of Topliss-reactive ketones (excluding diaryl/α,β-unsaturated/α-hetero) is 1. The summed E-state index contributed by atoms with van der Waals surface area (Å²) in [7, 11) is 0. The smallest absolute Gasteiger partial charge is 0.162 e. The molecule has 0 saturated carbocycles. The normalized spacial score (nSPS) is 9.77. The lowest BCUT2D eigenvalue weighted by Crippen LogP contribution is -2.01. The number of aryl methyl sites for hydroxylation is 1. The van der Waals surface area contributed by atoms with Crippen molar-refractivity contribution in [2.75, 3.05) is 0 Å². The van der Waals surface area contributed by atoms with E-state index in [1.165, 1.54) is 26.0 Å². The van der Waals surface area contributed by atoms with Crippen LogP contribution < -0.4 is 0 Å². The maximum Gasteiger partial charge on any atom is 0.162 e. The lowest BCUT2D eigenvalue weighted by molar-refractivity contribution is 0.101. The van der Waals surface area contributed by atoms with Crippen LogP contribution in [0.5, 0.6) is 0 Å². The summed E-state index contributed by atoms with van der Waals surface area (Å²) in [5.41, 5.74) is 0.612. The van der Waals surface area contributed by atoms with Gasteiger partial charge in [0.15, 0.2) is 5.78 Å². The standard InChI is InChI=1S/C10H9FO2/c1-6-3-8(5-12)4-9(7(2)13)10(6)11/h3-5H,1-2H3. The Balaban J connectivity index is 3.41. The van der Waals surface area contributed by atoms with E-state index >= 15 is 0 Å². The molecule has 1 rings (SSSR count). The van der Waals surface area contributed by atoms with Crippen molar-refractivity contribution in [3.8, 4) is 0 Å². The Morgan fingerprint density at radius 1 is 1.46 bits per heavy atom. The summed E-state index contributed by atoms with van der Waals surface area (Å²) < 4.78 is 13.2. The molecule has 0 fully saturated rings. The van der Waals surface area contributed by atoms with Gasteiger partial charge in [0.05, 0.1) is 5.56 Å². The Morgan fingerprint density at radius 2 is 2.08 bits per heavy atom. The lowest BCUT2D eigenvalue weighted by Gasteiger charge is -2.02. The molecule has 0 radical (unpaired) electrons. The van der Waals surface area contributed by atoms with Crippen LogP contribution in [0.3, 0.4) is 0 Å². The largest absolute Gasteiger partial charge is 0.298 e. The van der Waals surface area contributed by atoms with Crippen molar-refractivity contribution in [1.82, 2.24) is 0 Å². The quantitative estimate of drug-likeness (QED) is 0.516. The first-order valence-corrected chi connectivity index (χ1v) is 3.82. The number of rotatable bonds is 2. The van der Waals surface area contributed by atoms with Gasteiger partial charge in [0.25, 0.3) is 0 Å². The molecular formula is C10H9FO2. The summed E-state index contributed by atoms with van der Waals surface area (Å²) in [5, 5.41) is 0. The van der Waals surface area contributed by atoms with Gasteiger partial charge in [0, 0.05) is 5.56 Å². The number of halogens is 1. The fraction of sp³-hybridized carbons (Fsp3) is 0.200. The minimum Gasteiger partial charge on any atom is -0.298 e. The molecule has 0 saturated heterocycles. The van der Waals surface area contributed by atoms with Crippen LogP contribution in [-0.2, 0) is 0 Å². The number of hydrogen-bond acceptors (Lipinski definition) is 2. The molecule has 0 aliphatic rings. The highest BCUT2D eigenvalue weighted by atomic mass is 19.1. The Morgan fingerprint density at radius 3 is 2.54 bits per heavy atom. The van der Waals surface area contributed by atoms with Crippen LogP contribution in [-0.4, -0.2) is 12.1 Å². The predicted octanol–water partition coefficient (Wildman–Crippen LogP) is 2.15. The zero-order valence-electron chi connectivity index (χ0n) is 7.43. The van der Waals surface area contributed by atoms with Crippen LogP contribution in [0.2, 0.25) is 0 Å². The van der Waals surface area contributed by atoms with Gasteiger partial charge >= 0.3 is 0 Å². The molecule has 0 aliphatic carbocycles. The summed E-state index contributed by atoms with van der Waals surface area (Å²) in [6.07, 6.45) is 0.596. The fourth-order valence-electron chi connectivity index (χ4n) is 1.12. The number of aldehydes is 1. The Kier molecular flexibility index (Phi) is 2.56. The minimum absolute atomic E-state index is 0.0258. The van der Waals surface area contributed by atoms with Crippen LogP contribution >= 0.6 is 0 Å². The van der Waals surface area contributed by atoms with Crippen LogP contribution in [0, 0.1) is 12.7 Å². The van der Waals surface area contributed by atoms with Gasteiger partial charge < -0.3 is 0 Å². The first-order valence-electron chi connectivity index (χ1n) is 3.82. The second-order valence-corrected chi connectivity index (χ2v) is 2.87. The number of carbonyl (C=O) groups is 2. The van der Waals surface area contributed by atoms with Crippen molar-refractivity contribution in [2.45, 2.75) is 13.8 Å². The molecule has 0 atom stereocenters. The van der Waals surface area contributed by atoms with Crippen molar-refractivity contribution in [2.24, 2.45) is 0 Å². The molecule has 1 aromatic carbocycles. The SMILES string of the molecule is CC(=O)c1cc(C=O)cc(C)c1F. The molecule has 68 valence electrons. The van der Waals surface area contributed by atoms with Crippen molar-refractivity contribution in [1.29, 1.82) is 0 Å². The van der Waals surface area contributed by atoms with Gasteiger partial charge in [0.2, 0.25) is 0 Å². The summed E-state index contributed by atoms with van der Waals surface area (Å²) in [6.45, 7) is 2.79. The van der Waals surface area contributed by atoms with E-state index in [0.717, 1.165) is 0 Å². The van der Waals surface area contributed by atoms with E-state index in [2.05, 4.69) is 0 Å². The minimum atomic E-state index is -0.543. The summed E-state index contributed by atoms with van der Waals surface area (Å²) in [4.78, 5) is 21.3. The van der Waals surface area contributed by atoms with Gasteiger partial charge in [0.1, 0.15) is 12.1 Å². The number of benzene rings is 1. The van der Waals surface area contributed by atoms with Crippen molar-refractivity contribution < 1.29 is 14.0 Å². The molecule has 0 aromatic heterocycles. The highest BCUT2D eigenvalue weighted by molar-refractivity contribution is 5.96. The maximum absolute atomic E-state index is 13.2. The maximum atomic E-state index is 13.2. The first-order chi connectivity index (χ1) is 6.06. The van der Waals surface area contributed by atoms with Crippen LogP contribution in [0.1, 0.15) is 33.2 Å². The van der Waals surface area contributed by atoms with E-state index in [4.69, 9.17) is 0 Å². The van der Waals surface area contributed by atoms with E-state index in [1.54, 1.807) is 0 Å². The molecular weight excluding hydrogens is 171 g/mol. The molecule has 0 heterocycles. The van der Waals surface area contributed by atoms with E-state index in [1.807, 2.05) is 0 Å². The third-order valence-corrected chi connectivity index (χ3v) is 1.79. The van der Waals surface area contributed by atoms with E-state index in [9.17, 15) is 14.0 Å². The average Bonchev–Trinajstić information content (AvgIpc) is 2.09. The Bertz CT molecular complexity index is 369. The van der Waals surface area contributed by atoms with Crippen molar-refractivity contribution >= 4 is 12.1 Å². The van der Waals surface area contributed by atoms with Crippen LogP contribution in [0.4, 0.5) is 4.39 Å². The van der Waals surface area contributed by atoms with Gasteiger partial charge in [-0.2, -0.15) is 0 Å². The highest BCUT2D eigenvalue weighted by Gasteiger charge is 2.10. The topological polar surface area (TPSA) is 34.1 Å². The highest BCUT2D eigenvalue weighted by Crippen LogP contribution is 2.14. The molecule has 3 heteroatoms. The molecule has 13 heavy (non-hydrogen) atoms. The van der Waals surface area contributed by atoms with Gasteiger partial charge in [-0.15, -0.1) is 0 Å². The number of ketones is 1. The first kappa shape index (κ1) is 9.58. The average molecular weight is 180 g/mol. The zero-order valence-corrected chi connectivity index (χ0v) is 7.43. The van der Waals surface area contributed by atoms with E-state index < -0.39 is 5.82 Å². The molecule has 0 N–H and O–H groups in total. The van der Waals surface area contributed by atoms with E-state index in [0.29, 0.717) is 17.4 Å². The van der Waals surface area contributed by atoms with Crippen LogP contribution in [0.25, 0.3) is 0 Å². The number of hydrogen-bond donors (Lipinski definition) is 0. The summed E-state index contributed by atoms with van der Waals surface area (Å²) in [5.74, 6) is -0.914. The zero-order chi connectivity index (χ0) is 10.0. The van der Waals surface area contributed by atoms with Crippen molar-refractivity contribution in [3.05, 3.63) is 34.6 Å². The predicted molar refractivity (Wildman–Crippen MR) is 46.5 cm³/mol. The lowest BCUT2D eigenvalue weighted by atomic mass is 10.0. The molecule has 0 aliphatic heterocycles. The second kappa shape index (κ2) is 3.47. The van der Waals surface area contributed by atoms with Gasteiger partial charge in [-0.05, 0) is 31.5 Å². The monoisotopic (exact) mass is 180 g/mol. The molecule has 0 spiro atoms.